The van der Waals surface area contributed by atoms with Crippen LogP contribution in [0.3, 0.4) is 0 Å². The molecule has 3 rings (SSSR count). The number of ketones is 1. The number of hydrogen-bond donors (Lipinski definition) is 0. The predicted octanol–water partition coefficient (Wildman–Crippen LogP) is 3.35. The molecule has 2 aliphatic rings. The molecule has 0 saturated carbocycles. The van der Waals surface area contributed by atoms with E-state index >= 15 is 0 Å². The van der Waals surface area contributed by atoms with Crippen LogP contribution in [0.25, 0.3) is 0 Å². The Morgan fingerprint density at radius 3 is 2.38 bits per heavy atom. The van der Waals surface area contributed by atoms with E-state index in [0.29, 0.717) is 31.6 Å². The fourth-order valence-corrected chi connectivity index (χ4v) is 3.76. The van der Waals surface area contributed by atoms with Crippen LogP contribution in [0.1, 0.15) is 39.2 Å². The van der Waals surface area contributed by atoms with Gasteiger partial charge < -0.3 is 9.47 Å². The molecule has 2 unspecified atom stereocenters. The van der Waals surface area contributed by atoms with Crippen LogP contribution >= 0.6 is 0 Å². The second kappa shape index (κ2) is 7.35. The number of benzene rings is 1. The first-order valence-electron chi connectivity index (χ1n) is 9.10. The van der Waals surface area contributed by atoms with Crippen molar-refractivity contribution < 1.29 is 23.5 Å². The van der Waals surface area contributed by atoms with Gasteiger partial charge >= 0.3 is 6.09 Å². The van der Waals surface area contributed by atoms with Crippen molar-refractivity contribution in [3.05, 3.63) is 35.6 Å². The van der Waals surface area contributed by atoms with E-state index < -0.39 is 5.60 Å². The van der Waals surface area contributed by atoms with Gasteiger partial charge in [0.05, 0.1) is 25.3 Å². The molecule has 142 valence electrons. The summed E-state index contributed by atoms with van der Waals surface area (Å²) in [5.41, 5.74) is -0.141. The molecular formula is C20H26FNO4. The normalized spacial score (nSPS) is 25.7. The minimum atomic E-state index is -0.566. The number of fused-ring (bicyclic) bond motifs is 2. The largest absolute Gasteiger partial charge is 0.444 e. The minimum Gasteiger partial charge on any atom is -0.444 e. The SMILES string of the molecule is CC(C)(C)OC(=O)N1C2COCC1CC(C(=O)Cc1ccccc1F)C2. The first-order chi connectivity index (χ1) is 12.2. The van der Waals surface area contributed by atoms with E-state index in [2.05, 4.69) is 0 Å². The molecule has 0 aliphatic carbocycles. The predicted molar refractivity (Wildman–Crippen MR) is 94.3 cm³/mol. The monoisotopic (exact) mass is 363 g/mol. The number of carbonyl (C=O) groups excluding carboxylic acids is 2. The third kappa shape index (κ3) is 4.23. The van der Waals surface area contributed by atoms with Crippen LogP contribution < -0.4 is 0 Å². The van der Waals surface area contributed by atoms with Crippen molar-refractivity contribution in [2.45, 2.75) is 57.7 Å². The van der Waals surface area contributed by atoms with Gasteiger partial charge in [-0.05, 0) is 45.2 Å². The molecule has 0 radical (unpaired) electrons. The van der Waals surface area contributed by atoms with E-state index in [9.17, 15) is 14.0 Å². The maximum Gasteiger partial charge on any atom is 0.410 e. The van der Waals surface area contributed by atoms with E-state index in [1.54, 1.807) is 23.1 Å². The number of piperidine rings is 1. The lowest BCUT2D eigenvalue weighted by Crippen LogP contribution is -2.60. The van der Waals surface area contributed by atoms with Gasteiger partial charge in [0, 0.05) is 12.3 Å². The summed E-state index contributed by atoms with van der Waals surface area (Å²) in [6.45, 7) is 6.31. The molecule has 2 heterocycles. The number of nitrogens with zero attached hydrogens (tertiary/aromatic N) is 1. The molecule has 2 aliphatic heterocycles. The summed E-state index contributed by atoms with van der Waals surface area (Å²) in [6, 6.07) is 6.02. The van der Waals surface area contributed by atoms with Gasteiger partial charge in [-0.25, -0.2) is 9.18 Å². The third-order valence-electron chi connectivity index (χ3n) is 4.90. The van der Waals surface area contributed by atoms with Crippen molar-refractivity contribution in [2.24, 2.45) is 5.92 Å². The topological polar surface area (TPSA) is 55.8 Å². The molecule has 0 aromatic heterocycles. The van der Waals surface area contributed by atoms with Gasteiger partial charge in [-0.2, -0.15) is 0 Å². The molecule has 1 aromatic carbocycles. The van der Waals surface area contributed by atoms with Gasteiger partial charge in [0.15, 0.2) is 0 Å². The number of amides is 1. The maximum atomic E-state index is 13.8. The summed E-state index contributed by atoms with van der Waals surface area (Å²) in [5, 5.41) is 0. The third-order valence-corrected chi connectivity index (χ3v) is 4.90. The number of rotatable bonds is 3. The molecule has 2 atom stereocenters. The lowest BCUT2D eigenvalue weighted by atomic mass is 9.81. The highest BCUT2D eigenvalue weighted by molar-refractivity contribution is 5.84. The number of morpholine rings is 1. The average Bonchev–Trinajstić information content (AvgIpc) is 2.54. The summed E-state index contributed by atoms with van der Waals surface area (Å²) >= 11 is 0. The average molecular weight is 363 g/mol. The van der Waals surface area contributed by atoms with Gasteiger partial charge in [-0.15, -0.1) is 0 Å². The Balaban J connectivity index is 1.68. The van der Waals surface area contributed by atoms with Crippen LogP contribution in [0.2, 0.25) is 0 Å². The molecule has 26 heavy (non-hydrogen) atoms. The van der Waals surface area contributed by atoms with E-state index in [1.165, 1.54) is 6.07 Å². The number of halogens is 1. The van der Waals surface area contributed by atoms with Gasteiger partial charge in [-0.1, -0.05) is 18.2 Å². The fraction of sp³-hybridized carbons (Fsp3) is 0.600. The van der Waals surface area contributed by atoms with E-state index in [4.69, 9.17) is 9.47 Å². The zero-order valence-electron chi connectivity index (χ0n) is 15.5. The lowest BCUT2D eigenvalue weighted by molar-refractivity contribution is -0.131. The summed E-state index contributed by atoms with van der Waals surface area (Å²) in [4.78, 5) is 27.0. The molecule has 6 heteroatoms. The first kappa shape index (κ1) is 18.8. The number of hydrogen-bond acceptors (Lipinski definition) is 4. The molecule has 5 nitrogen and oxygen atoms in total. The van der Waals surface area contributed by atoms with E-state index in [1.807, 2.05) is 20.8 Å². The van der Waals surface area contributed by atoms with E-state index in [0.717, 1.165) is 0 Å². The quantitative estimate of drug-likeness (QED) is 0.826. The van der Waals surface area contributed by atoms with Gasteiger partial charge in [0.2, 0.25) is 0 Å². The highest BCUT2D eigenvalue weighted by atomic mass is 19.1. The summed E-state index contributed by atoms with van der Waals surface area (Å²) in [5.74, 6) is -0.515. The Labute approximate surface area is 153 Å². The Morgan fingerprint density at radius 1 is 1.19 bits per heavy atom. The van der Waals surface area contributed by atoms with Crippen molar-refractivity contribution >= 4 is 11.9 Å². The number of carbonyl (C=O) groups is 2. The summed E-state index contributed by atoms with van der Waals surface area (Å²) in [7, 11) is 0. The minimum absolute atomic E-state index is 0.0239. The van der Waals surface area contributed by atoms with Crippen molar-refractivity contribution in [2.75, 3.05) is 13.2 Å². The Kier molecular flexibility index (Phi) is 5.32. The van der Waals surface area contributed by atoms with E-state index in [-0.39, 0.29) is 42.1 Å². The van der Waals surface area contributed by atoms with Crippen molar-refractivity contribution in [3.8, 4) is 0 Å². The van der Waals surface area contributed by atoms with Crippen LogP contribution in [0.5, 0.6) is 0 Å². The smallest absolute Gasteiger partial charge is 0.410 e. The van der Waals surface area contributed by atoms with Crippen molar-refractivity contribution in [1.82, 2.24) is 4.90 Å². The first-order valence-corrected chi connectivity index (χ1v) is 9.10. The highest BCUT2D eigenvalue weighted by Crippen LogP contribution is 2.34. The van der Waals surface area contributed by atoms with Crippen molar-refractivity contribution in [3.63, 3.8) is 0 Å². The zero-order valence-corrected chi connectivity index (χ0v) is 15.5. The molecule has 0 spiro atoms. The molecule has 1 aromatic rings. The van der Waals surface area contributed by atoms with Crippen molar-refractivity contribution in [1.29, 1.82) is 0 Å². The van der Waals surface area contributed by atoms with Crippen LogP contribution in [-0.2, 0) is 20.7 Å². The Hall–Kier alpha value is -1.95. The fourth-order valence-electron chi connectivity index (χ4n) is 3.76. The van der Waals surface area contributed by atoms with Gasteiger partial charge in [-0.3, -0.25) is 9.69 Å². The highest BCUT2D eigenvalue weighted by Gasteiger charge is 2.44. The zero-order chi connectivity index (χ0) is 18.9. The van der Waals surface area contributed by atoms with Crippen LogP contribution in [0.4, 0.5) is 9.18 Å². The molecule has 1 amide bonds. The maximum absolute atomic E-state index is 13.8. The summed E-state index contributed by atoms with van der Waals surface area (Å²) in [6.07, 6.45) is 0.798. The second-order valence-electron chi connectivity index (χ2n) is 8.14. The standard InChI is InChI=1S/C20H26FNO4/c1-20(2,3)26-19(24)22-15-8-14(9-16(22)12-25-11-15)18(23)10-13-6-4-5-7-17(13)21/h4-7,14-16H,8-12H2,1-3H3. The number of Topliss-reactive ketones (excluding diaryl/α,β-unsaturated/α-hetero) is 1. The summed E-state index contributed by atoms with van der Waals surface area (Å²) < 4.78 is 24.9. The van der Waals surface area contributed by atoms with Gasteiger partial charge in [0.25, 0.3) is 0 Å². The molecule has 2 fully saturated rings. The van der Waals surface area contributed by atoms with Crippen LogP contribution in [0, 0.1) is 11.7 Å². The Morgan fingerprint density at radius 2 is 1.81 bits per heavy atom. The molecular weight excluding hydrogens is 337 g/mol. The number of ether oxygens (including phenoxy) is 2. The lowest BCUT2D eigenvalue weighted by Gasteiger charge is -2.47. The van der Waals surface area contributed by atoms with Crippen LogP contribution in [-0.4, -0.2) is 47.7 Å². The second-order valence-corrected chi connectivity index (χ2v) is 8.14. The van der Waals surface area contributed by atoms with Gasteiger partial charge in [0.1, 0.15) is 17.2 Å². The molecule has 2 bridgehead atoms. The Bertz CT molecular complexity index is 671. The molecule has 2 saturated heterocycles. The van der Waals surface area contributed by atoms with Crippen LogP contribution in [0.15, 0.2) is 24.3 Å². The molecule has 0 N–H and O–H groups in total.